The number of halogens is 1. The van der Waals surface area contributed by atoms with E-state index in [4.69, 9.17) is 17.3 Å². The first-order valence-electron chi connectivity index (χ1n) is 5.84. The third kappa shape index (κ3) is 3.23. The number of nitrogens with two attached hydrogens (primary N) is 1. The van der Waals surface area contributed by atoms with E-state index in [-0.39, 0.29) is 17.6 Å². The third-order valence-corrected chi connectivity index (χ3v) is 3.02. The van der Waals surface area contributed by atoms with Crippen LogP contribution < -0.4 is 11.1 Å². The molecule has 0 radical (unpaired) electrons. The number of aromatic nitrogens is 1. The highest BCUT2D eigenvalue weighted by Crippen LogP contribution is 2.17. The molecule has 0 saturated heterocycles. The second-order valence-electron chi connectivity index (χ2n) is 4.19. The number of nitrogen functional groups attached to an aromatic ring is 1. The van der Waals surface area contributed by atoms with Gasteiger partial charge in [0.1, 0.15) is 0 Å². The van der Waals surface area contributed by atoms with Crippen molar-refractivity contribution in [2.75, 3.05) is 5.73 Å². The van der Waals surface area contributed by atoms with Gasteiger partial charge in [-0.25, -0.2) is 4.98 Å². The van der Waals surface area contributed by atoms with Crippen LogP contribution in [0.1, 0.15) is 29.0 Å². The van der Waals surface area contributed by atoms with Crippen LogP contribution in [0.15, 0.2) is 42.6 Å². The zero-order valence-corrected chi connectivity index (χ0v) is 11.2. The number of nitrogens with one attached hydrogen (secondary N) is 1. The van der Waals surface area contributed by atoms with Crippen molar-refractivity contribution in [1.82, 2.24) is 10.3 Å². The number of pyridine rings is 1. The number of hydrogen-bond donors (Lipinski definition) is 2. The summed E-state index contributed by atoms with van der Waals surface area (Å²) >= 11 is 5.82. The summed E-state index contributed by atoms with van der Waals surface area (Å²) in [6.07, 6.45) is 1.54. The van der Waals surface area contributed by atoms with Crippen LogP contribution in [0.4, 0.5) is 5.69 Å². The lowest BCUT2D eigenvalue weighted by Crippen LogP contribution is -2.28. The number of rotatable bonds is 3. The van der Waals surface area contributed by atoms with Gasteiger partial charge in [0.15, 0.2) is 5.69 Å². The van der Waals surface area contributed by atoms with Crippen LogP contribution in [0.3, 0.4) is 0 Å². The minimum Gasteiger partial charge on any atom is -0.397 e. The molecule has 19 heavy (non-hydrogen) atoms. The molecule has 1 amide bonds. The Morgan fingerprint density at radius 2 is 2.00 bits per heavy atom. The lowest BCUT2D eigenvalue weighted by Gasteiger charge is -2.14. The Morgan fingerprint density at radius 1 is 1.32 bits per heavy atom. The van der Waals surface area contributed by atoms with E-state index in [9.17, 15) is 4.79 Å². The smallest absolute Gasteiger partial charge is 0.272 e. The highest BCUT2D eigenvalue weighted by molar-refractivity contribution is 6.30. The van der Waals surface area contributed by atoms with Crippen molar-refractivity contribution in [3.63, 3.8) is 0 Å². The predicted molar refractivity (Wildman–Crippen MR) is 76.0 cm³/mol. The first-order valence-corrected chi connectivity index (χ1v) is 6.22. The summed E-state index contributed by atoms with van der Waals surface area (Å²) < 4.78 is 0. The molecule has 2 aromatic rings. The number of hydrogen-bond acceptors (Lipinski definition) is 3. The van der Waals surface area contributed by atoms with Crippen LogP contribution >= 0.6 is 11.6 Å². The molecule has 1 unspecified atom stereocenters. The van der Waals surface area contributed by atoms with Gasteiger partial charge >= 0.3 is 0 Å². The minimum absolute atomic E-state index is 0.147. The molecule has 0 fully saturated rings. The normalized spacial score (nSPS) is 11.9. The van der Waals surface area contributed by atoms with E-state index in [1.807, 2.05) is 19.1 Å². The minimum atomic E-state index is -0.291. The maximum absolute atomic E-state index is 12.0. The molecule has 0 aliphatic rings. The largest absolute Gasteiger partial charge is 0.397 e. The van der Waals surface area contributed by atoms with Crippen LogP contribution in [0, 0.1) is 0 Å². The van der Waals surface area contributed by atoms with Gasteiger partial charge in [-0.2, -0.15) is 0 Å². The van der Waals surface area contributed by atoms with Gasteiger partial charge in [0.05, 0.1) is 11.7 Å². The summed E-state index contributed by atoms with van der Waals surface area (Å²) in [5, 5.41) is 3.51. The first kappa shape index (κ1) is 13.4. The maximum Gasteiger partial charge on any atom is 0.272 e. The molecule has 3 N–H and O–H groups in total. The molecular formula is C14H14ClN3O. The predicted octanol–water partition coefficient (Wildman–Crippen LogP) is 2.81. The molecule has 0 spiro atoms. The van der Waals surface area contributed by atoms with Gasteiger partial charge in [-0.15, -0.1) is 0 Å². The average Bonchev–Trinajstić information content (AvgIpc) is 2.39. The fourth-order valence-corrected chi connectivity index (χ4v) is 1.83. The lowest BCUT2D eigenvalue weighted by atomic mass is 10.1. The summed E-state index contributed by atoms with van der Waals surface area (Å²) in [6, 6.07) is 10.5. The monoisotopic (exact) mass is 275 g/mol. The highest BCUT2D eigenvalue weighted by Gasteiger charge is 2.14. The van der Waals surface area contributed by atoms with E-state index in [1.165, 1.54) is 6.20 Å². The summed E-state index contributed by atoms with van der Waals surface area (Å²) in [4.78, 5) is 16.0. The standard InChI is InChI=1S/C14H14ClN3O/c1-9(10-4-6-11(15)7-5-10)18-14(19)13-12(16)3-2-8-17-13/h2-9H,16H2,1H3,(H,18,19). The maximum atomic E-state index is 12.0. The summed E-state index contributed by atoms with van der Waals surface area (Å²) in [5.74, 6) is -0.291. The van der Waals surface area contributed by atoms with E-state index in [1.54, 1.807) is 24.3 Å². The molecule has 2 rings (SSSR count). The zero-order chi connectivity index (χ0) is 13.8. The molecule has 0 bridgehead atoms. The molecule has 1 atom stereocenters. The van der Waals surface area contributed by atoms with Gasteiger partial charge in [-0.1, -0.05) is 23.7 Å². The van der Waals surface area contributed by atoms with Crippen molar-refractivity contribution in [3.05, 3.63) is 58.9 Å². The fraction of sp³-hybridized carbons (Fsp3) is 0.143. The quantitative estimate of drug-likeness (QED) is 0.905. The second kappa shape index (κ2) is 5.71. The molecular weight excluding hydrogens is 262 g/mol. The topological polar surface area (TPSA) is 68.0 Å². The molecule has 0 saturated carbocycles. The second-order valence-corrected chi connectivity index (χ2v) is 4.62. The van der Waals surface area contributed by atoms with Crippen molar-refractivity contribution in [2.45, 2.75) is 13.0 Å². The van der Waals surface area contributed by atoms with Crippen molar-refractivity contribution < 1.29 is 4.79 Å². The Balaban J connectivity index is 2.11. The SMILES string of the molecule is CC(NC(=O)c1ncccc1N)c1ccc(Cl)cc1. The highest BCUT2D eigenvalue weighted by atomic mass is 35.5. The Bertz CT molecular complexity index is 583. The van der Waals surface area contributed by atoms with Crippen LogP contribution in [0.2, 0.25) is 5.02 Å². The van der Waals surface area contributed by atoms with Crippen molar-refractivity contribution in [3.8, 4) is 0 Å². The van der Waals surface area contributed by atoms with E-state index >= 15 is 0 Å². The number of anilines is 1. The molecule has 1 aromatic carbocycles. The van der Waals surface area contributed by atoms with E-state index in [0.717, 1.165) is 5.56 Å². The Kier molecular flexibility index (Phi) is 4.02. The fourth-order valence-electron chi connectivity index (χ4n) is 1.71. The van der Waals surface area contributed by atoms with Crippen LogP contribution in [-0.2, 0) is 0 Å². The molecule has 1 aromatic heterocycles. The van der Waals surface area contributed by atoms with Crippen molar-refractivity contribution >= 4 is 23.2 Å². The van der Waals surface area contributed by atoms with Crippen LogP contribution in [-0.4, -0.2) is 10.9 Å². The molecule has 0 aliphatic carbocycles. The van der Waals surface area contributed by atoms with Gasteiger partial charge in [0, 0.05) is 11.2 Å². The van der Waals surface area contributed by atoms with Gasteiger partial charge in [-0.3, -0.25) is 4.79 Å². The Labute approximate surface area is 116 Å². The first-order chi connectivity index (χ1) is 9.08. The van der Waals surface area contributed by atoms with E-state index in [2.05, 4.69) is 10.3 Å². The molecule has 4 nitrogen and oxygen atoms in total. The van der Waals surface area contributed by atoms with Crippen LogP contribution in [0.25, 0.3) is 0 Å². The number of nitrogens with zero attached hydrogens (tertiary/aromatic N) is 1. The Hall–Kier alpha value is -2.07. The summed E-state index contributed by atoms with van der Waals surface area (Å²) in [5.41, 5.74) is 7.28. The van der Waals surface area contributed by atoms with E-state index < -0.39 is 0 Å². The van der Waals surface area contributed by atoms with Gasteiger partial charge in [0.25, 0.3) is 5.91 Å². The summed E-state index contributed by atoms with van der Waals surface area (Å²) in [7, 11) is 0. The molecule has 0 aliphatic heterocycles. The van der Waals surface area contributed by atoms with Crippen molar-refractivity contribution in [1.29, 1.82) is 0 Å². The van der Waals surface area contributed by atoms with Gasteiger partial charge in [-0.05, 0) is 36.8 Å². The van der Waals surface area contributed by atoms with Gasteiger partial charge in [0.2, 0.25) is 0 Å². The summed E-state index contributed by atoms with van der Waals surface area (Å²) in [6.45, 7) is 1.89. The lowest BCUT2D eigenvalue weighted by molar-refractivity contribution is 0.0936. The molecule has 1 heterocycles. The molecule has 5 heteroatoms. The molecule has 98 valence electrons. The van der Waals surface area contributed by atoms with E-state index in [0.29, 0.717) is 10.7 Å². The van der Waals surface area contributed by atoms with Crippen LogP contribution in [0.5, 0.6) is 0 Å². The number of carbonyl (C=O) groups is 1. The zero-order valence-electron chi connectivity index (χ0n) is 10.4. The van der Waals surface area contributed by atoms with Gasteiger partial charge < -0.3 is 11.1 Å². The number of carbonyl (C=O) groups excluding carboxylic acids is 1. The van der Waals surface area contributed by atoms with Crippen molar-refractivity contribution in [2.24, 2.45) is 0 Å². The number of benzene rings is 1. The third-order valence-electron chi connectivity index (χ3n) is 2.77. The number of amides is 1. The Morgan fingerprint density at radius 3 is 2.63 bits per heavy atom. The average molecular weight is 276 g/mol.